The van der Waals surface area contributed by atoms with E-state index in [1.54, 1.807) is 0 Å². The molecule has 0 spiro atoms. The summed E-state index contributed by atoms with van der Waals surface area (Å²) in [5, 5.41) is 4.65. The fraction of sp³-hybridized carbons (Fsp3) is 0.333. The predicted octanol–water partition coefficient (Wildman–Crippen LogP) is -1.40. The van der Waals surface area contributed by atoms with Gasteiger partial charge in [-0.05, 0) is 28.9 Å². The lowest BCUT2D eigenvalue weighted by molar-refractivity contribution is -2.00. The Morgan fingerprint density at radius 1 is 1.00 bits per heavy atom. The summed E-state index contributed by atoms with van der Waals surface area (Å²) in [4.78, 5) is 2.09. The first-order chi connectivity index (χ1) is 12.0. The van der Waals surface area contributed by atoms with Crippen molar-refractivity contribution in [3.63, 3.8) is 0 Å². The van der Waals surface area contributed by atoms with E-state index in [0.717, 1.165) is 11.3 Å². The standard InChI is InChI=1S/C18H24N3.ClHO4/c1-14(2)18-8-6-7-15(3)21(18)19-13-16-9-11-17(12-10-16)20(4)5;2-1(3,4)5/h6-14H,1-5H3;(H,2,3,4,5)/q+1;/p-1/b19-13+;. The number of benzene rings is 1. The third-order valence-electron chi connectivity index (χ3n) is 3.51. The van der Waals surface area contributed by atoms with Crippen molar-refractivity contribution in [3.05, 3.63) is 59.4 Å². The van der Waals surface area contributed by atoms with Crippen LogP contribution in [0.2, 0.25) is 0 Å². The Kier molecular flexibility index (Phi) is 8.13. The maximum atomic E-state index is 8.49. The van der Waals surface area contributed by atoms with Gasteiger partial charge in [0.25, 0.3) is 0 Å². The molecule has 0 unspecified atom stereocenters. The van der Waals surface area contributed by atoms with Gasteiger partial charge in [0.05, 0.1) is 0 Å². The van der Waals surface area contributed by atoms with Crippen LogP contribution in [-0.4, -0.2) is 20.3 Å². The molecule has 0 radical (unpaired) electrons. The van der Waals surface area contributed by atoms with Crippen LogP contribution in [0.1, 0.15) is 36.7 Å². The molecule has 0 aliphatic rings. The van der Waals surface area contributed by atoms with Crippen LogP contribution < -0.4 is 28.2 Å². The molecular formula is C18H24ClN3O4. The van der Waals surface area contributed by atoms with Gasteiger partial charge < -0.3 is 4.90 Å². The van der Waals surface area contributed by atoms with Crippen LogP contribution in [0.3, 0.4) is 0 Å². The van der Waals surface area contributed by atoms with Crippen molar-refractivity contribution in [2.45, 2.75) is 26.7 Å². The molecule has 0 fully saturated rings. The molecule has 0 saturated heterocycles. The Morgan fingerprint density at radius 3 is 2.00 bits per heavy atom. The van der Waals surface area contributed by atoms with Crippen LogP contribution in [0.15, 0.2) is 47.6 Å². The summed E-state index contributed by atoms with van der Waals surface area (Å²) < 4.78 is 36.0. The van der Waals surface area contributed by atoms with Crippen LogP contribution in [0.4, 0.5) is 5.69 Å². The smallest absolute Gasteiger partial charge is 0.217 e. The van der Waals surface area contributed by atoms with E-state index in [2.05, 4.69) is 73.2 Å². The van der Waals surface area contributed by atoms with Crippen molar-refractivity contribution in [3.8, 4) is 0 Å². The van der Waals surface area contributed by atoms with E-state index >= 15 is 0 Å². The molecule has 0 N–H and O–H groups in total. The molecule has 0 bridgehead atoms. The van der Waals surface area contributed by atoms with E-state index in [4.69, 9.17) is 18.6 Å². The minimum absolute atomic E-state index is 0.443. The lowest BCUT2D eigenvalue weighted by Gasteiger charge is -2.17. The van der Waals surface area contributed by atoms with Gasteiger partial charge in [0.15, 0.2) is 0 Å². The maximum absolute atomic E-state index is 8.49. The summed E-state index contributed by atoms with van der Waals surface area (Å²) in [6.45, 7) is 6.46. The van der Waals surface area contributed by atoms with E-state index in [9.17, 15) is 0 Å². The first-order valence-electron chi connectivity index (χ1n) is 7.94. The molecular weight excluding hydrogens is 358 g/mol. The van der Waals surface area contributed by atoms with Crippen LogP contribution in [0.25, 0.3) is 0 Å². The Balaban J connectivity index is 0.000000597. The highest BCUT2D eigenvalue weighted by Gasteiger charge is 2.16. The fourth-order valence-electron chi connectivity index (χ4n) is 2.21. The number of rotatable bonds is 4. The lowest BCUT2D eigenvalue weighted by Crippen LogP contribution is -2.68. The second-order valence-electron chi connectivity index (χ2n) is 6.17. The molecule has 26 heavy (non-hydrogen) atoms. The number of anilines is 1. The number of aromatic nitrogens is 1. The monoisotopic (exact) mass is 381 g/mol. The molecule has 7 nitrogen and oxygen atoms in total. The van der Waals surface area contributed by atoms with Crippen molar-refractivity contribution >= 4 is 11.9 Å². The lowest BCUT2D eigenvalue weighted by atomic mass is 10.1. The molecule has 0 atom stereocenters. The fourth-order valence-corrected chi connectivity index (χ4v) is 2.21. The summed E-state index contributed by atoms with van der Waals surface area (Å²) >= 11 is 0. The summed E-state index contributed by atoms with van der Waals surface area (Å²) in [7, 11) is -0.859. The number of hydrogen-bond donors (Lipinski definition) is 0. The molecule has 8 heteroatoms. The topological polar surface area (TPSA) is 112 Å². The normalized spacial score (nSPS) is 11.5. The Labute approximate surface area is 156 Å². The Hall–Kier alpha value is -2.03. The molecule has 0 aliphatic carbocycles. The van der Waals surface area contributed by atoms with Gasteiger partial charge in [-0.25, -0.2) is 18.6 Å². The number of hydrogen-bond acceptors (Lipinski definition) is 6. The van der Waals surface area contributed by atoms with E-state index in [1.807, 2.05) is 25.0 Å². The third kappa shape index (κ3) is 7.90. The Bertz CT molecular complexity index is 720. The molecule has 1 aromatic carbocycles. The van der Waals surface area contributed by atoms with Gasteiger partial charge in [-0.1, -0.05) is 30.7 Å². The van der Waals surface area contributed by atoms with Crippen LogP contribution in [0.5, 0.6) is 0 Å². The van der Waals surface area contributed by atoms with Crippen LogP contribution in [-0.2, 0) is 0 Å². The van der Waals surface area contributed by atoms with Crippen LogP contribution in [0, 0.1) is 17.2 Å². The molecule has 2 aromatic rings. The molecule has 0 saturated carbocycles. The Morgan fingerprint density at radius 2 is 1.54 bits per heavy atom. The van der Waals surface area contributed by atoms with Gasteiger partial charge in [0, 0.05) is 44.8 Å². The summed E-state index contributed by atoms with van der Waals surface area (Å²) in [5.41, 5.74) is 4.66. The van der Waals surface area contributed by atoms with Crippen molar-refractivity contribution in [1.82, 2.24) is 0 Å². The molecule has 0 aliphatic heterocycles. The number of pyridine rings is 1. The zero-order valence-electron chi connectivity index (χ0n) is 15.5. The summed E-state index contributed by atoms with van der Waals surface area (Å²) in [6.07, 6.45) is 1.92. The number of aryl methyl sites for hydroxylation is 1. The highest BCUT2D eigenvalue weighted by atomic mass is 35.7. The van der Waals surface area contributed by atoms with Gasteiger partial charge in [-0.2, -0.15) is 0 Å². The van der Waals surface area contributed by atoms with E-state index in [1.165, 1.54) is 11.4 Å². The average molecular weight is 382 g/mol. The van der Waals surface area contributed by atoms with Gasteiger partial charge in [0.2, 0.25) is 11.4 Å². The van der Waals surface area contributed by atoms with Crippen molar-refractivity contribution in [1.29, 1.82) is 0 Å². The average Bonchev–Trinajstić information content (AvgIpc) is 2.52. The number of nitrogens with zero attached hydrogens (tertiary/aromatic N) is 3. The van der Waals surface area contributed by atoms with Crippen LogP contribution >= 0.6 is 0 Å². The molecule has 2 rings (SSSR count). The quantitative estimate of drug-likeness (QED) is 0.477. The van der Waals surface area contributed by atoms with Gasteiger partial charge >= 0.3 is 0 Å². The second-order valence-corrected chi connectivity index (χ2v) is 6.92. The minimum atomic E-state index is -4.94. The molecule has 0 amide bonds. The van der Waals surface area contributed by atoms with Crippen molar-refractivity contribution in [2.24, 2.45) is 5.10 Å². The zero-order chi connectivity index (χ0) is 19.9. The highest BCUT2D eigenvalue weighted by molar-refractivity contribution is 5.79. The molecule has 1 heterocycles. The first kappa shape index (κ1) is 22.0. The highest BCUT2D eigenvalue weighted by Crippen LogP contribution is 2.12. The van der Waals surface area contributed by atoms with E-state index in [-0.39, 0.29) is 0 Å². The van der Waals surface area contributed by atoms with Gasteiger partial charge in [-0.15, -0.1) is 10.2 Å². The largest absolute Gasteiger partial charge is 0.378 e. The van der Waals surface area contributed by atoms with Gasteiger partial charge in [-0.3, -0.25) is 0 Å². The summed E-state index contributed by atoms with van der Waals surface area (Å²) in [6, 6.07) is 14.7. The molecule has 1 aromatic heterocycles. The predicted molar refractivity (Wildman–Crippen MR) is 89.2 cm³/mol. The van der Waals surface area contributed by atoms with E-state index < -0.39 is 10.2 Å². The third-order valence-corrected chi connectivity index (χ3v) is 3.51. The minimum Gasteiger partial charge on any atom is -0.378 e. The van der Waals surface area contributed by atoms with E-state index in [0.29, 0.717) is 5.92 Å². The zero-order valence-corrected chi connectivity index (χ0v) is 16.3. The molecule has 142 valence electrons. The van der Waals surface area contributed by atoms with Crippen molar-refractivity contribution in [2.75, 3.05) is 19.0 Å². The number of halogens is 1. The second kappa shape index (κ2) is 9.61. The van der Waals surface area contributed by atoms with Gasteiger partial charge in [0.1, 0.15) is 6.21 Å². The van der Waals surface area contributed by atoms with Crippen molar-refractivity contribution < 1.29 is 33.6 Å². The SMILES string of the molecule is Cc1cccc(C(C)C)[n+]1/N=C/c1ccc(N(C)C)cc1.[O-][Cl+3]([O-])([O-])[O-]. The first-order valence-corrected chi connectivity index (χ1v) is 9.17. The summed E-state index contributed by atoms with van der Waals surface area (Å²) in [5.74, 6) is 0.443. The maximum Gasteiger partial charge on any atom is 0.217 e.